The van der Waals surface area contributed by atoms with Crippen molar-refractivity contribution in [1.82, 2.24) is 0 Å². The summed E-state index contributed by atoms with van der Waals surface area (Å²) in [6, 6.07) is 5.33. The molecule has 0 bridgehead atoms. The highest BCUT2D eigenvalue weighted by molar-refractivity contribution is 6.30. The summed E-state index contributed by atoms with van der Waals surface area (Å²) in [4.78, 5) is 0. The zero-order valence-corrected chi connectivity index (χ0v) is 11.1. The Hall–Kier alpha value is -0.770. The smallest absolute Gasteiger partial charge is 0.124 e. The van der Waals surface area contributed by atoms with Gasteiger partial charge in [0.05, 0.1) is 5.60 Å². The molecule has 0 heterocycles. The molecule has 1 aromatic carbocycles. The van der Waals surface area contributed by atoms with E-state index in [4.69, 9.17) is 22.1 Å². The number of aliphatic hydroxyl groups is 1. The van der Waals surface area contributed by atoms with E-state index in [9.17, 15) is 5.11 Å². The summed E-state index contributed by atoms with van der Waals surface area (Å²) in [5.41, 5.74) is 5.70. The van der Waals surface area contributed by atoms with Crippen LogP contribution in [-0.2, 0) is 6.54 Å². The first kappa shape index (κ1) is 14.3. The van der Waals surface area contributed by atoms with Crippen LogP contribution in [0, 0.1) is 0 Å². The molecule has 1 rings (SSSR count). The van der Waals surface area contributed by atoms with Gasteiger partial charge in [0.15, 0.2) is 0 Å². The topological polar surface area (TPSA) is 55.5 Å². The van der Waals surface area contributed by atoms with E-state index in [1.807, 2.05) is 13.8 Å². The predicted octanol–water partition coefficient (Wildman–Crippen LogP) is 2.73. The average Bonchev–Trinajstić information content (AvgIpc) is 2.36. The predicted molar refractivity (Wildman–Crippen MR) is 70.4 cm³/mol. The fourth-order valence-corrected chi connectivity index (χ4v) is 1.71. The lowest BCUT2D eigenvalue weighted by Crippen LogP contribution is -2.34. The number of hydrogen-bond donors (Lipinski definition) is 2. The molecule has 0 amide bonds. The van der Waals surface area contributed by atoms with Gasteiger partial charge in [0, 0.05) is 17.1 Å². The number of hydrogen-bond acceptors (Lipinski definition) is 3. The lowest BCUT2D eigenvalue weighted by Gasteiger charge is -2.25. The third-order valence-corrected chi connectivity index (χ3v) is 3.29. The van der Waals surface area contributed by atoms with Gasteiger partial charge in [-0.1, -0.05) is 25.4 Å². The van der Waals surface area contributed by atoms with Crippen LogP contribution in [0.3, 0.4) is 0 Å². The molecule has 0 fully saturated rings. The summed E-state index contributed by atoms with van der Waals surface area (Å²) in [6.45, 7) is 4.53. The number of benzene rings is 1. The lowest BCUT2D eigenvalue weighted by molar-refractivity contribution is -0.0115. The molecule has 3 nitrogen and oxygen atoms in total. The van der Waals surface area contributed by atoms with Crippen LogP contribution < -0.4 is 10.5 Å². The van der Waals surface area contributed by atoms with Gasteiger partial charge >= 0.3 is 0 Å². The van der Waals surface area contributed by atoms with E-state index in [2.05, 4.69) is 0 Å². The zero-order valence-electron chi connectivity index (χ0n) is 10.4. The van der Waals surface area contributed by atoms with E-state index in [0.717, 1.165) is 5.56 Å². The summed E-state index contributed by atoms with van der Waals surface area (Å²) in [7, 11) is 0. The normalized spacial score (nSPS) is 11.6. The highest BCUT2D eigenvalue weighted by Gasteiger charge is 2.23. The molecule has 96 valence electrons. The Morgan fingerprint density at radius 1 is 1.35 bits per heavy atom. The number of ether oxygens (including phenoxy) is 1. The van der Waals surface area contributed by atoms with Crippen molar-refractivity contribution in [1.29, 1.82) is 0 Å². The summed E-state index contributed by atoms with van der Waals surface area (Å²) >= 11 is 5.88. The van der Waals surface area contributed by atoms with E-state index >= 15 is 0 Å². The molecule has 17 heavy (non-hydrogen) atoms. The van der Waals surface area contributed by atoms with Gasteiger partial charge in [-0.3, -0.25) is 0 Å². The molecule has 0 atom stereocenters. The molecule has 0 aliphatic rings. The molecule has 0 aliphatic carbocycles. The Morgan fingerprint density at radius 3 is 2.53 bits per heavy atom. The first-order chi connectivity index (χ1) is 8.04. The van der Waals surface area contributed by atoms with Crippen molar-refractivity contribution < 1.29 is 9.84 Å². The van der Waals surface area contributed by atoms with E-state index in [1.165, 1.54) is 0 Å². The van der Waals surface area contributed by atoms with E-state index in [-0.39, 0.29) is 6.61 Å². The first-order valence-electron chi connectivity index (χ1n) is 5.88. The van der Waals surface area contributed by atoms with Gasteiger partial charge in [-0.25, -0.2) is 0 Å². The van der Waals surface area contributed by atoms with Crippen molar-refractivity contribution in [2.24, 2.45) is 5.73 Å². The molecule has 3 N–H and O–H groups in total. The van der Waals surface area contributed by atoms with E-state index < -0.39 is 5.60 Å². The van der Waals surface area contributed by atoms with Crippen LogP contribution in [0.15, 0.2) is 18.2 Å². The maximum atomic E-state index is 10.1. The first-order valence-corrected chi connectivity index (χ1v) is 6.26. The van der Waals surface area contributed by atoms with Gasteiger partial charge < -0.3 is 15.6 Å². The lowest BCUT2D eigenvalue weighted by atomic mass is 9.99. The molecular weight excluding hydrogens is 238 g/mol. The quantitative estimate of drug-likeness (QED) is 0.824. The second-order valence-corrected chi connectivity index (χ2v) is 4.61. The summed E-state index contributed by atoms with van der Waals surface area (Å²) < 4.78 is 5.64. The summed E-state index contributed by atoms with van der Waals surface area (Å²) in [5.74, 6) is 0.692. The molecule has 1 aromatic rings. The Kier molecular flexibility index (Phi) is 5.25. The Balaban J connectivity index is 2.75. The maximum absolute atomic E-state index is 10.1. The van der Waals surface area contributed by atoms with Gasteiger partial charge in [-0.15, -0.1) is 0 Å². The monoisotopic (exact) mass is 257 g/mol. The molecule has 0 aliphatic heterocycles. The molecule has 0 radical (unpaired) electrons. The molecule has 0 spiro atoms. The molecular formula is C13H20ClNO2. The standard InChI is InChI=1S/C13H20ClNO2/c1-3-13(16,4-2)9-17-12-6-5-11(14)7-10(12)8-15/h5-7,16H,3-4,8-9,15H2,1-2H3. The number of rotatable bonds is 6. The fourth-order valence-electron chi connectivity index (χ4n) is 1.51. The maximum Gasteiger partial charge on any atom is 0.124 e. The minimum Gasteiger partial charge on any atom is -0.490 e. The molecule has 0 unspecified atom stereocenters. The second-order valence-electron chi connectivity index (χ2n) is 4.18. The molecule has 4 heteroatoms. The van der Waals surface area contributed by atoms with Crippen LogP contribution in [0.1, 0.15) is 32.3 Å². The Labute approximate surface area is 108 Å². The Bertz CT molecular complexity index is 364. The van der Waals surface area contributed by atoms with Crippen LogP contribution in [0.2, 0.25) is 5.02 Å². The van der Waals surface area contributed by atoms with Crippen LogP contribution in [0.4, 0.5) is 0 Å². The van der Waals surface area contributed by atoms with Crippen molar-refractivity contribution in [3.05, 3.63) is 28.8 Å². The van der Waals surface area contributed by atoms with E-state index in [1.54, 1.807) is 18.2 Å². The SMILES string of the molecule is CCC(O)(CC)COc1ccc(Cl)cc1CN. The van der Waals surface area contributed by atoms with Gasteiger partial charge in [0.25, 0.3) is 0 Å². The molecule has 0 aromatic heterocycles. The number of nitrogens with two attached hydrogens (primary N) is 1. The second kappa shape index (κ2) is 6.24. The van der Waals surface area contributed by atoms with Crippen molar-refractivity contribution >= 4 is 11.6 Å². The van der Waals surface area contributed by atoms with Crippen LogP contribution in [0.25, 0.3) is 0 Å². The van der Waals surface area contributed by atoms with Gasteiger partial charge in [-0.05, 0) is 31.0 Å². The summed E-state index contributed by atoms with van der Waals surface area (Å²) in [5, 5.41) is 10.8. The highest BCUT2D eigenvalue weighted by Crippen LogP contribution is 2.24. The van der Waals surface area contributed by atoms with Gasteiger partial charge in [0.2, 0.25) is 0 Å². The summed E-state index contributed by atoms with van der Waals surface area (Å²) in [6.07, 6.45) is 1.32. The van der Waals surface area contributed by atoms with E-state index in [0.29, 0.717) is 30.2 Å². The molecule has 0 saturated carbocycles. The van der Waals surface area contributed by atoms with Gasteiger partial charge in [0.1, 0.15) is 12.4 Å². The molecule has 0 saturated heterocycles. The van der Waals surface area contributed by atoms with Crippen LogP contribution in [0.5, 0.6) is 5.75 Å². The number of halogens is 1. The van der Waals surface area contributed by atoms with Crippen LogP contribution >= 0.6 is 11.6 Å². The third kappa shape index (κ3) is 3.87. The minimum atomic E-state index is -0.772. The van der Waals surface area contributed by atoms with Crippen molar-refractivity contribution in [2.75, 3.05) is 6.61 Å². The van der Waals surface area contributed by atoms with Crippen LogP contribution in [-0.4, -0.2) is 17.3 Å². The minimum absolute atomic E-state index is 0.272. The zero-order chi connectivity index (χ0) is 12.9. The average molecular weight is 258 g/mol. The van der Waals surface area contributed by atoms with Crippen molar-refractivity contribution in [3.63, 3.8) is 0 Å². The van der Waals surface area contributed by atoms with Gasteiger partial charge in [-0.2, -0.15) is 0 Å². The van der Waals surface area contributed by atoms with Crippen molar-refractivity contribution in [2.45, 2.75) is 38.8 Å². The van der Waals surface area contributed by atoms with Crippen molar-refractivity contribution in [3.8, 4) is 5.75 Å². The fraction of sp³-hybridized carbons (Fsp3) is 0.538. The highest BCUT2D eigenvalue weighted by atomic mass is 35.5. The Morgan fingerprint density at radius 2 is 2.00 bits per heavy atom. The largest absolute Gasteiger partial charge is 0.490 e. The third-order valence-electron chi connectivity index (χ3n) is 3.06.